The minimum Gasteiger partial charge on any atom is -0.493 e. The predicted octanol–water partition coefficient (Wildman–Crippen LogP) is 4.65. The Kier molecular flexibility index (Phi) is 19.3. The largest absolute Gasteiger partial charge is 0.493 e. The van der Waals surface area contributed by atoms with Gasteiger partial charge in [0, 0.05) is 38.8 Å². The normalized spacial score (nSPS) is 15.6. The number of hydrogen-bond donors (Lipinski definition) is 4. The highest BCUT2D eigenvalue weighted by molar-refractivity contribution is 5.73. The molecule has 0 saturated carbocycles. The average Bonchev–Trinajstić information content (AvgIpc) is 2.88. The second-order valence-electron chi connectivity index (χ2n) is 9.39. The van der Waals surface area contributed by atoms with Crippen molar-refractivity contribution in [2.24, 2.45) is 11.7 Å². The number of benzene rings is 1. The number of halogens is 9. The van der Waals surface area contributed by atoms with E-state index in [2.05, 4.69) is 55.0 Å². The molecule has 0 amide bonds. The molecular weight excluding hydrogens is 625 g/mol. The highest BCUT2D eigenvalue weighted by Gasteiger charge is 2.39. The smallest absolute Gasteiger partial charge is 0.490 e. The van der Waals surface area contributed by atoms with Gasteiger partial charge in [0.1, 0.15) is 5.75 Å². The molecule has 0 aliphatic carbocycles. The SMILES string of the molecule is CCCC(C)COc1ccc([C@@H](N)CN2CCN(C)CC2)cc1.O=C(O)C(F)(F)F.O=C(O)C(F)(F)F.O=C(O)C(F)(F)F. The number of hydrogen-bond acceptors (Lipinski definition) is 7. The summed E-state index contributed by atoms with van der Waals surface area (Å²) < 4.78 is 101. The van der Waals surface area contributed by atoms with E-state index in [1.54, 1.807) is 0 Å². The van der Waals surface area contributed by atoms with Gasteiger partial charge in [-0.25, -0.2) is 14.4 Å². The number of alkyl halides is 9. The first-order chi connectivity index (χ1) is 19.9. The molecule has 1 aromatic rings. The van der Waals surface area contributed by atoms with Crippen LogP contribution in [0.15, 0.2) is 24.3 Å². The first-order valence-corrected chi connectivity index (χ1v) is 12.7. The Morgan fingerprint density at radius 2 is 1.18 bits per heavy atom. The van der Waals surface area contributed by atoms with Gasteiger partial charge in [-0.2, -0.15) is 39.5 Å². The van der Waals surface area contributed by atoms with Gasteiger partial charge in [-0.15, -0.1) is 0 Å². The lowest BCUT2D eigenvalue weighted by Crippen LogP contribution is -2.46. The van der Waals surface area contributed by atoms with Crippen LogP contribution in [0.25, 0.3) is 0 Å². The summed E-state index contributed by atoms with van der Waals surface area (Å²) >= 11 is 0. The number of piperazine rings is 1. The van der Waals surface area contributed by atoms with E-state index in [0.29, 0.717) is 5.92 Å². The number of aliphatic carboxylic acids is 3. The van der Waals surface area contributed by atoms with Gasteiger partial charge in [-0.05, 0) is 37.1 Å². The van der Waals surface area contributed by atoms with Crippen LogP contribution in [0, 0.1) is 5.92 Å². The van der Waals surface area contributed by atoms with Crippen LogP contribution < -0.4 is 10.5 Å². The van der Waals surface area contributed by atoms with Gasteiger partial charge in [0.05, 0.1) is 6.61 Å². The van der Waals surface area contributed by atoms with Gasteiger partial charge in [-0.1, -0.05) is 32.4 Å². The number of ether oxygens (including phenoxy) is 1. The van der Waals surface area contributed by atoms with Crippen LogP contribution in [0.1, 0.15) is 38.3 Å². The molecule has 1 unspecified atom stereocenters. The molecule has 1 aromatic carbocycles. The fourth-order valence-corrected chi connectivity index (χ4v) is 3.04. The number of likely N-dealkylation sites (N-methyl/N-ethyl adjacent to an activating group) is 1. The van der Waals surface area contributed by atoms with Crippen LogP contribution >= 0.6 is 0 Å². The molecule has 1 aliphatic heterocycles. The molecule has 0 bridgehead atoms. The fourth-order valence-electron chi connectivity index (χ4n) is 3.04. The van der Waals surface area contributed by atoms with Crippen molar-refractivity contribution in [2.45, 2.75) is 51.3 Å². The van der Waals surface area contributed by atoms with Gasteiger partial charge in [-0.3, -0.25) is 4.90 Å². The van der Waals surface area contributed by atoms with Gasteiger partial charge in [0.25, 0.3) is 0 Å². The highest BCUT2D eigenvalue weighted by Crippen LogP contribution is 2.19. The molecular formula is C25H36F9N3O7. The fraction of sp³-hybridized carbons (Fsp3) is 0.640. The average molecular weight is 662 g/mol. The van der Waals surface area contributed by atoms with Crippen molar-refractivity contribution in [3.8, 4) is 5.75 Å². The zero-order chi connectivity index (χ0) is 34.9. The van der Waals surface area contributed by atoms with Crippen molar-refractivity contribution in [3.05, 3.63) is 29.8 Å². The van der Waals surface area contributed by atoms with E-state index >= 15 is 0 Å². The first-order valence-electron chi connectivity index (χ1n) is 12.7. The van der Waals surface area contributed by atoms with Gasteiger partial charge in [0.15, 0.2) is 0 Å². The molecule has 1 fully saturated rings. The van der Waals surface area contributed by atoms with E-state index in [0.717, 1.165) is 45.1 Å². The van der Waals surface area contributed by atoms with Crippen molar-refractivity contribution in [2.75, 3.05) is 46.4 Å². The van der Waals surface area contributed by atoms with Crippen LogP contribution in [0.2, 0.25) is 0 Å². The topological polar surface area (TPSA) is 154 Å². The third-order valence-electron chi connectivity index (χ3n) is 5.40. The van der Waals surface area contributed by atoms with Crippen molar-refractivity contribution < 1.29 is 74.0 Å². The van der Waals surface area contributed by atoms with Crippen molar-refractivity contribution in [3.63, 3.8) is 0 Å². The summed E-state index contributed by atoms with van der Waals surface area (Å²) in [5.41, 5.74) is 7.57. The minimum absolute atomic E-state index is 0.0754. The molecule has 19 heteroatoms. The number of nitrogens with two attached hydrogens (primary N) is 1. The summed E-state index contributed by atoms with van der Waals surface area (Å²) in [6.45, 7) is 10.7. The number of carboxylic acids is 3. The van der Waals surface area contributed by atoms with Crippen LogP contribution in [-0.2, 0) is 14.4 Å². The molecule has 2 atom stereocenters. The molecule has 1 saturated heterocycles. The van der Waals surface area contributed by atoms with E-state index in [-0.39, 0.29) is 6.04 Å². The van der Waals surface area contributed by atoms with Gasteiger partial charge >= 0.3 is 36.4 Å². The number of rotatable bonds is 8. The van der Waals surface area contributed by atoms with E-state index < -0.39 is 36.4 Å². The van der Waals surface area contributed by atoms with Crippen molar-refractivity contribution in [1.29, 1.82) is 0 Å². The highest BCUT2D eigenvalue weighted by atomic mass is 19.4. The van der Waals surface area contributed by atoms with Gasteiger partial charge in [0.2, 0.25) is 0 Å². The van der Waals surface area contributed by atoms with Crippen molar-refractivity contribution in [1.82, 2.24) is 9.80 Å². The molecule has 44 heavy (non-hydrogen) atoms. The summed E-state index contributed by atoms with van der Waals surface area (Å²) in [7, 11) is 2.18. The second-order valence-corrected chi connectivity index (χ2v) is 9.39. The summed E-state index contributed by atoms with van der Waals surface area (Å²) in [5, 5.41) is 21.4. The zero-order valence-corrected chi connectivity index (χ0v) is 24.0. The molecule has 256 valence electrons. The Labute approximate surface area is 247 Å². The van der Waals surface area contributed by atoms with E-state index in [1.165, 1.54) is 18.4 Å². The third-order valence-corrected chi connectivity index (χ3v) is 5.40. The lowest BCUT2D eigenvalue weighted by atomic mass is 10.1. The molecule has 0 spiro atoms. The van der Waals surface area contributed by atoms with Crippen LogP contribution in [0.5, 0.6) is 5.75 Å². The Balaban J connectivity index is 0. The molecule has 10 nitrogen and oxygen atoms in total. The second kappa shape index (κ2) is 19.9. The molecule has 0 aromatic heterocycles. The number of carbonyl (C=O) groups is 3. The quantitative estimate of drug-likeness (QED) is 0.290. The Hall–Kier alpha value is -3.32. The standard InChI is InChI=1S/C19H33N3O.3C2HF3O2/c1-4-5-16(2)15-23-18-8-6-17(7-9-18)19(20)14-22-12-10-21(3)11-13-22;3*3-2(4,5)1(6)7/h6-9,16,19H,4-5,10-15,20H2,1-3H3;3*(H,6,7)/t16?,19-;;;/m0.../s1. The van der Waals surface area contributed by atoms with Crippen LogP contribution in [0.3, 0.4) is 0 Å². The third kappa shape index (κ3) is 21.4. The Morgan fingerprint density at radius 1 is 0.818 bits per heavy atom. The van der Waals surface area contributed by atoms with Crippen LogP contribution in [0.4, 0.5) is 39.5 Å². The molecule has 0 radical (unpaired) electrons. The molecule has 1 aliphatic rings. The molecule has 2 rings (SSSR count). The summed E-state index contributed by atoms with van der Waals surface area (Å²) in [5.74, 6) is -6.71. The Bertz CT molecular complexity index is 924. The molecule has 5 N–H and O–H groups in total. The van der Waals surface area contributed by atoms with E-state index in [4.69, 9.17) is 40.2 Å². The first kappa shape index (κ1) is 42.8. The number of nitrogens with zero attached hydrogens (tertiary/aromatic N) is 2. The minimum atomic E-state index is -5.08. The maximum absolute atomic E-state index is 10.6. The maximum atomic E-state index is 10.6. The molecule has 1 heterocycles. The maximum Gasteiger partial charge on any atom is 0.490 e. The summed E-state index contributed by atoms with van der Waals surface area (Å²) in [6, 6.07) is 8.41. The van der Waals surface area contributed by atoms with Crippen molar-refractivity contribution >= 4 is 17.9 Å². The monoisotopic (exact) mass is 661 g/mol. The van der Waals surface area contributed by atoms with E-state index in [1.807, 2.05) is 0 Å². The summed E-state index contributed by atoms with van der Waals surface area (Å²) in [6.07, 6.45) is -12.8. The predicted molar refractivity (Wildman–Crippen MR) is 138 cm³/mol. The van der Waals surface area contributed by atoms with Crippen LogP contribution in [-0.4, -0.2) is 108 Å². The summed E-state index contributed by atoms with van der Waals surface area (Å²) in [4.78, 5) is 31.5. The van der Waals surface area contributed by atoms with E-state index in [9.17, 15) is 39.5 Å². The Morgan fingerprint density at radius 3 is 1.50 bits per heavy atom. The lowest BCUT2D eigenvalue weighted by molar-refractivity contribution is -0.193. The zero-order valence-electron chi connectivity index (χ0n) is 24.0. The van der Waals surface area contributed by atoms with Gasteiger partial charge < -0.3 is 30.7 Å². The number of carboxylic acid groups (broad SMARTS) is 3. The lowest BCUT2D eigenvalue weighted by Gasteiger charge is -2.33.